The lowest BCUT2D eigenvalue weighted by Gasteiger charge is -2.25. The van der Waals surface area contributed by atoms with E-state index in [2.05, 4.69) is 35.3 Å². The van der Waals surface area contributed by atoms with Gasteiger partial charge in [-0.1, -0.05) is 0 Å². The summed E-state index contributed by atoms with van der Waals surface area (Å²) >= 11 is 1.64. The number of hydrogen-bond acceptors (Lipinski definition) is 7. The Bertz CT molecular complexity index is 1130. The van der Waals surface area contributed by atoms with Gasteiger partial charge in [0.1, 0.15) is 11.6 Å². The van der Waals surface area contributed by atoms with Gasteiger partial charge in [0.15, 0.2) is 11.5 Å². The molecule has 7 heteroatoms. The molecule has 0 amide bonds. The zero-order valence-corrected chi connectivity index (χ0v) is 18.1. The molecule has 6 nitrogen and oxygen atoms in total. The Morgan fingerprint density at radius 3 is 2.62 bits per heavy atom. The topological polar surface area (TPSA) is 69.2 Å². The molecule has 1 atom stereocenters. The summed E-state index contributed by atoms with van der Waals surface area (Å²) in [6.45, 7) is 5.93. The maximum atomic E-state index is 9.96. The Kier molecular flexibility index (Phi) is 4.37. The highest BCUT2D eigenvalue weighted by atomic mass is 32.1. The molecule has 3 aromatic rings. The number of oxazole rings is 1. The maximum absolute atomic E-state index is 9.96. The van der Waals surface area contributed by atoms with Crippen molar-refractivity contribution >= 4 is 28.1 Å². The van der Waals surface area contributed by atoms with Crippen molar-refractivity contribution < 1.29 is 4.42 Å². The lowest BCUT2D eigenvalue weighted by Crippen LogP contribution is -2.31. The molecule has 1 aliphatic carbocycles. The van der Waals surface area contributed by atoms with Crippen LogP contribution in [0.1, 0.15) is 47.2 Å². The van der Waals surface area contributed by atoms with Gasteiger partial charge in [0.05, 0.1) is 22.0 Å². The van der Waals surface area contributed by atoms with E-state index in [-0.39, 0.29) is 0 Å². The van der Waals surface area contributed by atoms with Crippen LogP contribution in [0.25, 0.3) is 22.4 Å². The van der Waals surface area contributed by atoms with Crippen LogP contribution in [0.15, 0.2) is 9.80 Å². The normalized spacial score (nSPS) is 19.4. The highest BCUT2D eigenvalue weighted by Gasteiger charge is 2.35. The van der Waals surface area contributed by atoms with Gasteiger partial charge in [-0.2, -0.15) is 5.26 Å². The number of aromatic nitrogens is 2. The number of thiazole rings is 1. The van der Waals surface area contributed by atoms with Crippen molar-refractivity contribution in [1.29, 1.82) is 5.26 Å². The van der Waals surface area contributed by atoms with Crippen LogP contribution in [-0.4, -0.2) is 48.1 Å². The number of fused-ring (bicyclic) bond motifs is 1. The molecule has 29 heavy (non-hydrogen) atoms. The number of aryl methyl sites for hydroxylation is 1. The first-order chi connectivity index (χ1) is 14.0. The largest absolute Gasteiger partial charge is 0.438 e. The highest BCUT2D eigenvalue weighted by Crippen LogP contribution is 2.47. The van der Waals surface area contributed by atoms with Gasteiger partial charge < -0.3 is 14.2 Å². The first-order valence-electron chi connectivity index (χ1n) is 10.2. The van der Waals surface area contributed by atoms with Crippen molar-refractivity contribution in [3.63, 3.8) is 0 Å². The summed E-state index contributed by atoms with van der Waals surface area (Å²) in [6, 6.07) is 2.90. The molecular formula is C22H25N5OS. The van der Waals surface area contributed by atoms with Crippen LogP contribution in [0.3, 0.4) is 0 Å². The van der Waals surface area contributed by atoms with Crippen molar-refractivity contribution in [2.75, 3.05) is 32.1 Å². The molecule has 1 aliphatic heterocycles. The van der Waals surface area contributed by atoms with Crippen LogP contribution in [0, 0.1) is 25.2 Å². The maximum Gasteiger partial charge on any atom is 0.198 e. The van der Waals surface area contributed by atoms with Gasteiger partial charge in [0, 0.05) is 36.0 Å². The molecule has 150 valence electrons. The standard InChI is InChI=1S/C22H25N5OS/c1-12-16(9-23)19-21(28-22(25-19)14-5-6-14)20(18(12)17-11-29-13(2)24-17)27-8-7-15(10-27)26(3)4/h11,14-15H,5-8,10H2,1-4H3/t15-/m0/s1. The number of nitriles is 1. The molecule has 0 bridgehead atoms. The fraction of sp³-hybridized carbons (Fsp3) is 0.500. The third-order valence-corrected chi connectivity index (χ3v) is 6.98. The number of hydrogen-bond donors (Lipinski definition) is 0. The molecule has 2 aromatic heterocycles. The van der Waals surface area contributed by atoms with Crippen molar-refractivity contribution in [1.82, 2.24) is 14.9 Å². The van der Waals surface area contributed by atoms with Gasteiger partial charge in [-0.25, -0.2) is 9.97 Å². The van der Waals surface area contributed by atoms with Crippen LogP contribution in [0.4, 0.5) is 5.69 Å². The predicted octanol–water partition coefficient (Wildman–Crippen LogP) is 4.46. The summed E-state index contributed by atoms with van der Waals surface area (Å²) in [5.74, 6) is 1.19. The van der Waals surface area contributed by atoms with E-state index in [1.54, 1.807) is 11.3 Å². The average molecular weight is 408 g/mol. The smallest absolute Gasteiger partial charge is 0.198 e. The summed E-state index contributed by atoms with van der Waals surface area (Å²) < 4.78 is 6.36. The highest BCUT2D eigenvalue weighted by molar-refractivity contribution is 7.09. The van der Waals surface area contributed by atoms with Crippen molar-refractivity contribution in [2.45, 2.75) is 45.1 Å². The minimum atomic E-state index is 0.403. The number of benzene rings is 1. The van der Waals surface area contributed by atoms with Crippen molar-refractivity contribution in [2.24, 2.45) is 0 Å². The lowest BCUT2D eigenvalue weighted by atomic mass is 9.96. The predicted molar refractivity (Wildman–Crippen MR) is 116 cm³/mol. The first-order valence-corrected chi connectivity index (χ1v) is 11.1. The van der Waals surface area contributed by atoms with Crippen LogP contribution in [0.2, 0.25) is 0 Å². The Labute approximate surface area is 174 Å². The van der Waals surface area contributed by atoms with Crippen LogP contribution < -0.4 is 4.90 Å². The monoisotopic (exact) mass is 407 g/mol. The zero-order valence-electron chi connectivity index (χ0n) is 17.3. The number of rotatable bonds is 4. The van der Waals surface area contributed by atoms with E-state index in [0.29, 0.717) is 23.0 Å². The molecule has 1 aromatic carbocycles. The van der Waals surface area contributed by atoms with E-state index in [1.807, 2.05) is 13.8 Å². The van der Waals surface area contributed by atoms with E-state index in [0.717, 1.165) is 71.3 Å². The van der Waals surface area contributed by atoms with Crippen LogP contribution >= 0.6 is 11.3 Å². The summed E-state index contributed by atoms with van der Waals surface area (Å²) in [5.41, 5.74) is 6.05. The minimum Gasteiger partial charge on any atom is -0.438 e. The first kappa shape index (κ1) is 18.6. The van der Waals surface area contributed by atoms with E-state index < -0.39 is 0 Å². The number of anilines is 1. The minimum absolute atomic E-state index is 0.403. The Morgan fingerprint density at radius 1 is 1.24 bits per heavy atom. The third-order valence-electron chi connectivity index (χ3n) is 6.21. The second-order valence-electron chi connectivity index (χ2n) is 8.44. The third kappa shape index (κ3) is 3.02. The molecular weight excluding hydrogens is 382 g/mol. The number of nitrogens with zero attached hydrogens (tertiary/aromatic N) is 5. The quantitative estimate of drug-likeness (QED) is 0.636. The summed E-state index contributed by atoms with van der Waals surface area (Å²) in [5, 5.41) is 13.1. The summed E-state index contributed by atoms with van der Waals surface area (Å²) in [6.07, 6.45) is 3.34. The number of likely N-dealkylation sites (N-methyl/N-ethyl adjacent to an activating group) is 1. The van der Waals surface area contributed by atoms with Crippen molar-refractivity contribution in [3.05, 3.63) is 27.4 Å². The zero-order chi connectivity index (χ0) is 20.3. The van der Waals surface area contributed by atoms with E-state index in [4.69, 9.17) is 14.4 Å². The Hall–Kier alpha value is -2.43. The van der Waals surface area contributed by atoms with Gasteiger partial charge in [0.25, 0.3) is 0 Å². The molecule has 2 aliphatic rings. The van der Waals surface area contributed by atoms with E-state index >= 15 is 0 Å². The van der Waals surface area contributed by atoms with Gasteiger partial charge in [-0.15, -0.1) is 11.3 Å². The molecule has 3 heterocycles. The van der Waals surface area contributed by atoms with Crippen molar-refractivity contribution in [3.8, 4) is 17.3 Å². The lowest BCUT2D eigenvalue weighted by molar-refractivity contribution is 0.315. The molecule has 0 radical (unpaired) electrons. The molecule has 1 saturated carbocycles. The summed E-state index contributed by atoms with van der Waals surface area (Å²) in [7, 11) is 4.27. The van der Waals surface area contributed by atoms with E-state index in [9.17, 15) is 5.26 Å². The van der Waals surface area contributed by atoms with Crippen LogP contribution in [0.5, 0.6) is 0 Å². The molecule has 0 spiro atoms. The van der Waals surface area contributed by atoms with Gasteiger partial charge in [-0.3, -0.25) is 0 Å². The fourth-order valence-corrected chi connectivity index (χ4v) is 4.97. The fourth-order valence-electron chi connectivity index (χ4n) is 4.36. The molecule has 2 fully saturated rings. The van der Waals surface area contributed by atoms with Gasteiger partial charge in [0.2, 0.25) is 0 Å². The Morgan fingerprint density at radius 2 is 2.03 bits per heavy atom. The van der Waals surface area contributed by atoms with E-state index in [1.165, 1.54) is 0 Å². The SMILES string of the molecule is Cc1nc(-c2c(C)c(C#N)c3nc(C4CC4)oc3c2N2CC[C@H](N(C)C)C2)cs1. The van der Waals surface area contributed by atoms with Gasteiger partial charge in [-0.05, 0) is 52.8 Å². The second kappa shape index (κ2) is 6.82. The molecule has 0 N–H and O–H groups in total. The molecule has 1 saturated heterocycles. The average Bonchev–Trinajstić information content (AvgIpc) is 3.07. The molecule has 5 rings (SSSR count). The molecule has 0 unspecified atom stereocenters. The summed E-state index contributed by atoms with van der Waals surface area (Å²) in [4.78, 5) is 14.3. The second-order valence-corrected chi connectivity index (χ2v) is 9.51. The Balaban J connectivity index is 1.78. The van der Waals surface area contributed by atoms with Gasteiger partial charge >= 0.3 is 0 Å². The van der Waals surface area contributed by atoms with Crippen LogP contribution in [-0.2, 0) is 0 Å².